The lowest BCUT2D eigenvalue weighted by atomic mass is 10.1. The summed E-state index contributed by atoms with van der Waals surface area (Å²) in [5.74, 6) is 0.0427. The molecule has 1 atom stereocenters. The molecule has 0 aliphatic carbocycles. The standard InChI is InChI=1S/C18H21BrFIN4O2/c1-18(2,3)27-17(26)25-6-4-5-10(8-25)24-16-13-14(20)11(19)7-12(21)15(13)22-9-23-16/h7,9-10H,4-6,8H2,1-3H3,(H,22,23,24)/t10-/m0/s1. The third kappa shape index (κ3) is 4.79. The van der Waals surface area contributed by atoms with E-state index in [4.69, 9.17) is 4.74 Å². The number of benzene rings is 1. The van der Waals surface area contributed by atoms with Gasteiger partial charge in [0.25, 0.3) is 0 Å². The molecule has 1 aliphatic heterocycles. The van der Waals surface area contributed by atoms with Gasteiger partial charge >= 0.3 is 6.09 Å². The predicted octanol–water partition coefficient (Wildman–Crippen LogP) is 4.95. The van der Waals surface area contributed by atoms with Gasteiger partial charge < -0.3 is 15.0 Å². The second-order valence-corrected chi connectivity index (χ2v) is 9.53. The summed E-state index contributed by atoms with van der Waals surface area (Å²) in [5, 5.41) is 3.65. The number of carbonyl (C=O) groups is 1. The summed E-state index contributed by atoms with van der Waals surface area (Å²) in [5.41, 5.74) is 0.0282. The van der Waals surface area contributed by atoms with Crippen LogP contribution in [0.15, 0.2) is 16.9 Å². The molecule has 2 heterocycles. The first kappa shape index (κ1) is 20.5. The third-order valence-electron chi connectivity index (χ3n) is 4.17. The predicted molar refractivity (Wildman–Crippen MR) is 114 cm³/mol. The summed E-state index contributed by atoms with van der Waals surface area (Å²) in [6.45, 7) is 6.67. The molecule has 1 fully saturated rings. The fraction of sp³-hybridized carbons (Fsp3) is 0.500. The van der Waals surface area contributed by atoms with Crippen LogP contribution >= 0.6 is 38.5 Å². The Morgan fingerprint density at radius 3 is 2.89 bits per heavy atom. The van der Waals surface area contributed by atoms with E-state index in [2.05, 4.69) is 53.8 Å². The van der Waals surface area contributed by atoms with Crippen molar-refractivity contribution in [3.63, 3.8) is 0 Å². The minimum Gasteiger partial charge on any atom is -0.444 e. The molecule has 146 valence electrons. The van der Waals surface area contributed by atoms with Crippen LogP contribution in [0.2, 0.25) is 0 Å². The van der Waals surface area contributed by atoms with E-state index in [1.54, 1.807) is 11.0 Å². The monoisotopic (exact) mass is 550 g/mol. The minimum atomic E-state index is -0.535. The van der Waals surface area contributed by atoms with Crippen molar-refractivity contribution in [2.24, 2.45) is 0 Å². The number of anilines is 1. The number of fused-ring (bicyclic) bond motifs is 1. The fourth-order valence-corrected chi connectivity index (χ4v) is 4.60. The first-order valence-corrected chi connectivity index (χ1v) is 10.6. The highest BCUT2D eigenvalue weighted by atomic mass is 127. The van der Waals surface area contributed by atoms with Gasteiger partial charge in [-0.25, -0.2) is 19.2 Å². The van der Waals surface area contributed by atoms with Crippen molar-refractivity contribution in [3.05, 3.63) is 26.3 Å². The van der Waals surface area contributed by atoms with Crippen molar-refractivity contribution < 1.29 is 13.9 Å². The molecule has 2 aromatic rings. The molecule has 1 N–H and O–H groups in total. The van der Waals surface area contributed by atoms with E-state index in [1.165, 1.54) is 6.33 Å². The number of aromatic nitrogens is 2. The topological polar surface area (TPSA) is 67.3 Å². The van der Waals surface area contributed by atoms with Crippen LogP contribution < -0.4 is 5.32 Å². The highest BCUT2D eigenvalue weighted by Gasteiger charge is 2.28. The van der Waals surface area contributed by atoms with Crippen LogP contribution in [0.4, 0.5) is 15.0 Å². The van der Waals surface area contributed by atoms with Gasteiger partial charge in [-0.2, -0.15) is 0 Å². The fourth-order valence-electron chi connectivity index (χ4n) is 3.03. The van der Waals surface area contributed by atoms with Gasteiger partial charge in [0.1, 0.15) is 17.7 Å². The maximum absolute atomic E-state index is 14.7. The summed E-state index contributed by atoms with van der Waals surface area (Å²) in [7, 11) is 0. The molecule has 0 spiro atoms. The molecular formula is C18H21BrFIN4O2. The summed E-state index contributed by atoms with van der Waals surface area (Å²) in [4.78, 5) is 22.5. The Hall–Kier alpha value is -1.23. The lowest BCUT2D eigenvalue weighted by molar-refractivity contribution is 0.0206. The van der Waals surface area contributed by atoms with Crippen LogP contribution in [0.25, 0.3) is 10.9 Å². The van der Waals surface area contributed by atoms with Crippen LogP contribution in [0, 0.1) is 9.39 Å². The van der Waals surface area contributed by atoms with E-state index in [-0.39, 0.29) is 12.1 Å². The molecule has 0 radical (unpaired) electrons. The maximum Gasteiger partial charge on any atom is 0.410 e. The molecule has 0 bridgehead atoms. The van der Waals surface area contributed by atoms with Crippen molar-refractivity contribution in [1.29, 1.82) is 0 Å². The van der Waals surface area contributed by atoms with Crippen LogP contribution in [-0.2, 0) is 4.74 Å². The molecule has 1 aromatic carbocycles. The molecule has 1 aliphatic rings. The molecular weight excluding hydrogens is 530 g/mol. The number of carbonyl (C=O) groups excluding carboxylic acids is 1. The van der Waals surface area contributed by atoms with Crippen LogP contribution in [-0.4, -0.2) is 45.7 Å². The zero-order valence-electron chi connectivity index (χ0n) is 15.4. The van der Waals surface area contributed by atoms with E-state index >= 15 is 0 Å². The molecule has 3 rings (SSSR count). The van der Waals surface area contributed by atoms with E-state index < -0.39 is 11.4 Å². The number of nitrogens with zero attached hydrogens (tertiary/aromatic N) is 3. The van der Waals surface area contributed by atoms with Crippen LogP contribution in [0.5, 0.6) is 0 Å². The number of likely N-dealkylation sites (tertiary alicyclic amines) is 1. The maximum atomic E-state index is 14.7. The van der Waals surface area contributed by atoms with E-state index in [1.807, 2.05) is 20.8 Å². The molecule has 1 saturated heterocycles. The Morgan fingerprint density at radius 1 is 1.44 bits per heavy atom. The zero-order valence-corrected chi connectivity index (χ0v) is 19.1. The molecule has 0 unspecified atom stereocenters. The number of rotatable bonds is 2. The lowest BCUT2D eigenvalue weighted by Gasteiger charge is -2.34. The first-order valence-electron chi connectivity index (χ1n) is 8.68. The van der Waals surface area contributed by atoms with E-state index in [9.17, 15) is 9.18 Å². The van der Waals surface area contributed by atoms with Gasteiger partial charge in [0.15, 0.2) is 5.82 Å². The van der Waals surface area contributed by atoms with Crippen molar-refractivity contribution in [3.8, 4) is 0 Å². The number of ether oxygens (including phenoxy) is 1. The zero-order chi connectivity index (χ0) is 19.8. The number of amides is 1. The Labute approximate surface area is 179 Å². The van der Waals surface area contributed by atoms with Gasteiger partial charge in [-0.05, 0) is 78.2 Å². The second kappa shape index (κ2) is 8.02. The minimum absolute atomic E-state index is 0.0413. The summed E-state index contributed by atoms with van der Waals surface area (Å²) < 4.78 is 21.4. The molecule has 1 amide bonds. The molecule has 27 heavy (non-hydrogen) atoms. The second-order valence-electron chi connectivity index (χ2n) is 7.51. The Morgan fingerprint density at radius 2 is 2.19 bits per heavy atom. The number of hydrogen-bond donors (Lipinski definition) is 1. The Balaban J connectivity index is 1.82. The largest absolute Gasteiger partial charge is 0.444 e. The normalized spacial score (nSPS) is 17.9. The summed E-state index contributed by atoms with van der Waals surface area (Å²) >= 11 is 5.38. The van der Waals surface area contributed by atoms with Gasteiger partial charge in [0.2, 0.25) is 0 Å². The van der Waals surface area contributed by atoms with E-state index in [0.717, 1.165) is 16.4 Å². The highest BCUT2D eigenvalue weighted by Crippen LogP contribution is 2.32. The number of halogens is 3. The molecule has 6 nitrogen and oxygen atoms in total. The average Bonchev–Trinajstić information content (AvgIpc) is 2.58. The van der Waals surface area contributed by atoms with E-state index in [0.29, 0.717) is 34.3 Å². The van der Waals surface area contributed by atoms with Crippen molar-refractivity contribution in [2.45, 2.75) is 45.3 Å². The van der Waals surface area contributed by atoms with Gasteiger partial charge in [0.05, 0.1) is 15.4 Å². The lowest BCUT2D eigenvalue weighted by Crippen LogP contribution is -2.47. The van der Waals surface area contributed by atoms with Crippen LogP contribution in [0.3, 0.4) is 0 Å². The van der Waals surface area contributed by atoms with Crippen molar-refractivity contribution in [1.82, 2.24) is 14.9 Å². The number of nitrogens with one attached hydrogen (secondary N) is 1. The average molecular weight is 551 g/mol. The smallest absolute Gasteiger partial charge is 0.410 e. The first-order chi connectivity index (χ1) is 12.7. The van der Waals surface area contributed by atoms with Crippen molar-refractivity contribution in [2.75, 3.05) is 18.4 Å². The molecule has 9 heteroatoms. The van der Waals surface area contributed by atoms with Crippen molar-refractivity contribution >= 4 is 61.3 Å². The highest BCUT2D eigenvalue weighted by molar-refractivity contribution is 14.1. The molecule has 1 aromatic heterocycles. The Bertz CT molecular complexity index is 875. The number of piperidine rings is 1. The number of hydrogen-bond acceptors (Lipinski definition) is 5. The third-order valence-corrected chi connectivity index (χ3v) is 5.57. The molecule has 0 saturated carbocycles. The Kier molecular flexibility index (Phi) is 6.09. The summed E-state index contributed by atoms with van der Waals surface area (Å²) in [6, 6.07) is 1.65. The van der Waals surface area contributed by atoms with Crippen LogP contribution in [0.1, 0.15) is 33.6 Å². The van der Waals surface area contributed by atoms with Gasteiger partial charge in [-0.15, -0.1) is 0 Å². The summed E-state index contributed by atoms with van der Waals surface area (Å²) in [6.07, 6.45) is 2.79. The van der Waals surface area contributed by atoms with Gasteiger partial charge in [-0.3, -0.25) is 0 Å². The quantitative estimate of drug-likeness (QED) is 0.423. The van der Waals surface area contributed by atoms with Gasteiger partial charge in [-0.1, -0.05) is 0 Å². The SMILES string of the molecule is CC(C)(C)OC(=O)N1CCC[C@H](Nc2ncnc3c(I)cc(Br)c(F)c23)C1. The van der Waals surface area contributed by atoms with Gasteiger partial charge in [0, 0.05) is 22.7 Å².